The number of urea groups is 1. The number of imide groups is 1. The van der Waals surface area contributed by atoms with Crippen LogP contribution >= 0.6 is 0 Å². The van der Waals surface area contributed by atoms with Crippen molar-refractivity contribution in [3.8, 4) is 0 Å². The van der Waals surface area contributed by atoms with Crippen molar-refractivity contribution in [2.24, 2.45) is 5.92 Å². The van der Waals surface area contributed by atoms with Crippen molar-refractivity contribution in [1.29, 1.82) is 0 Å². The Morgan fingerprint density at radius 1 is 0.867 bits per heavy atom. The van der Waals surface area contributed by atoms with Crippen LogP contribution in [0.2, 0.25) is 0 Å². The lowest BCUT2D eigenvalue weighted by atomic mass is 9.74. The Balaban J connectivity index is 1.33. The minimum absolute atomic E-state index is 0.147. The summed E-state index contributed by atoms with van der Waals surface area (Å²) in [6.07, 6.45) is 5.55. The molecule has 0 spiro atoms. The van der Waals surface area contributed by atoms with Gasteiger partial charge in [0.05, 0.1) is 0 Å². The molecule has 1 atom stereocenters. The summed E-state index contributed by atoms with van der Waals surface area (Å²) >= 11 is 0. The van der Waals surface area contributed by atoms with Crippen molar-refractivity contribution in [1.82, 2.24) is 15.5 Å². The van der Waals surface area contributed by atoms with Crippen LogP contribution in [0.25, 0.3) is 0 Å². The van der Waals surface area contributed by atoms with E-state index in [4.69, 9.17) is 0 Å². The molecule has 0 aromatic heterocycles. The van der Waals surface area contributed by atoms with Gasteiger partial charge in [0, 0.05) is 0 Å². The highest BCUT2D eigenvalue weighted by Crippen LogP contribution is 2.34. The van der Waals surface area contributed by atoms with E-state index >= 15 is 0 Å². The zero-order chi connectivity index (χ0) is 20.8. The van der Waals surface area contributed by atoms with E-state index in [1.54, 1.807) is 0 Å². The SMILES string of the molecule is O=C1NC(=O)[C@](CCc2ccccc2)(C2CCN(CCCc3ccccc3)CC2)N1. The number of benzene rings is 2. The smallest absolute Gasteiger partial charge is 0.322 e. The van der Waals surface area contributed by atoms with Gasteiger partial charge in [0.1, 0.15) is 5.54 Å². The van der Waals surface area contributed by atoms with E-state index in [9.17, 15) is 9.59 Å². The fourth-order valence-corrected chi connectivity index (χ4v) is 4.96. The van der Waals surface area contributed by atoms with E-state index < -0.39 is 5.54 Å². The van der Waals surface area contributed by atoms with Crippen molar-refractivity contribution >= 4 is 11.9 Å². The largest absolute Gasteiger partial charge is 0.323 e. The minimum atomic E-state index is -0.775. The predicted molar refractivity (Wildman–Crippen MR) is 118 cm³/mol. The standard InChI is InChI=1S/C25H31N3O2/c29-23-25(27-24(30)26-23,16-13-21-10-5-2-6-11-21)22-14-18-28(19-15-22)17-7-12-20-8-3-1-4-9-20/h1-6,8-11,22H,7,12-19H2,(H2,26,27,29,30)/t25-/m0/s1. The Kier molecular flexibility index (Phi) is 6.48. The first kappa shape index (κ1) is 20.6. The summed E-state index contributed by atoms with van der Waals surface area (Å²) in [6.45, 7) is 3.04. The molecule has 0 bridgehead atoms. The van der Waals surface area contributed by atoms with Gasteiger partial charge in [-0.2, -0.15) is 0 Å². The average molecular weight is 406 g/mol. The van der Waals surface area contributed by atoms with Gasteiger partial charge in [0.2, 0.25) is 0 Å². The summed E-state index contributed by atoms with van der Waals surface area (Å²) in [7, 11) is 0. The molecule has 2 aliphatic rings. The van der Waals surface area contributed by atoms with Crippen LogP contribution in [0.4, 0.5) is 4.79 Å². The van der Waals surface area contributed by atoms with Gasteiger partial charge in [-0.3, -0.25) is 10.1 Å². The summed E-state index contributed by atoms with van der Waals surface area (Å²) < 4.78 is 0. The summed E-state index contributed by atoms with van der Waals surface area (Å²) in [4.78, 5) is 27.3. The third-order valence-electron chi connectivity index (χ3n) is 6.69. The fourth-order valence-electron chi connectivity index (χ4n) is 4.96. The van der Waals surface area contributed by atoms with E-state index in [1.165, 1.54) is 11.1 Å². The Hall–Kier alpha value is -2.66. The zero-order valence-corrected chi connectivity index (χ0v) is 17.5. The first-order chi connectivity index (χ1) is 14.7. The zero-order valence-electron chi connectivity index (χ0n) is 17.5. The number of carbonyl (C=O) groups excluding carboxylic acids is 2. The lowest BCUT2D eigenvalue weighted by molar-refractivity contribution is -0.127. The second-order valence-electron chi connectivity index (χ2n) is 8.57. The number of piperidine rings is 1. The van der Waals surface area contributed by atoms with Crippen LogP contribution in [0, 0.1) is 5.92 Å². The number of rotatable bonds is 8. The predicted octanol–water partition coefficient (Wildman–Crippen LogP) is 3.54. The maximum atomic E-state index is 12.8. The summed E-state index contributed by atoms with van der Waals surface area (Å²) in [6, 6.07) is 20.5. The summed E-state index contributed by atoms with van der Waals surface area (Å²) in [5.74, 6) is 0.0315. The van der Waals surface area contributed by atoms with Gasteiger partial charge in [-0.25, -0.2) is 4.79 Å². The molecule has 2 heterocycles. The normalized spacial score (nSPS) is 22.7. The van der Waals surface area contributed by atoms with Crippen LogP contribution in [0.15, 0.2) is 60.7 Å². The van der Waals surface area contributed by atoms with Gasteiger partial charge in [-0.05, 0) is 75.2 Å². The molecule has 30 heavy (non-hydrogen) atoms. The lowest BCUT2D eigenvalue weighted by Gasteiger charge is -2.40. The summed E-state index contributed by atoms with van der Waals surface area (Å²) in [5, 5.41) is 5.52. The molecule has 0 unspecified atom stereocenters. The molecule has 5 heteroatoms. The minimum Gasteiger partial charge on any atom is -0.323 e. The topological polar surface area (TPSA) is 61.4 Å². The molecule has 2 aromatic rings. The number of nitrogens with one attached hydrogen (secondary N) is 2. The highest BCUT2D eigenvalue weighted by molar-refractivity contribution is 6.07. The monoisotopic (exact) mass is 405 g/mol. The number of hydrogen-bond acceptors (Lipinski definition) is 3. The third-order valence-corrected chi connectivity index (χ3v) is 6.69. The number of hydrogen-bond donors (Lipinski definition) is 2. The van der Waals surface area contributed by atoms with E-state index in [0.717, 1.165) is 51.7 Å². The van der Waals surface area contributed by atoms with Crippen LogP contribution in [0.5, 0.6) is 0 Å². The van der Waals surface area contributed by atoms with E-state index in [-0.39, 0.29) is 17.9 Å². The van der Waals surface area contributed by atoms with Crippen molar-refractivity contribution in [2.75, 3.05) is 19.6 Å². The van der Waals surface area contributed by atoms with Gasteiger partial charge in [0.25, 0.3) is 5.91 Å². The molecule has 4 rings (SSSR count). The van der Waals surface area contributed by atoms with E-state index in [2.05, 4.69) is 58.0 Å². The molecule has 5 nitrogen and oxygen atoms in total. The van der Waals surface area contributed by atoms with Crippen molar-refractivity contribution in [3.63, 3.8) is 0 Å². The van der Waals surface area contributed by atoms with Gasteiger partial charge < -0.3 is 10.2 Å². The Labute approximate surface area is 178 Å². The number of amides is 3. The number of carbonyl (C=O) groups is 2. The average Bonchev–Trinajstić information content (AvgIpc) is 3.08. The van der Waals surface area contributed by atoms with Gasteiger partial charge in [0.15, 0.2) is 0 Å². The highest BCUT2D eigenvalue weighted by atomic mass is 16.2. The maximum Gasteiger partial charge on any atom is 0.322 e. The Morgan fingerprint density at radius 2 is 1.47 bits per heavy atom. The van der Waals surface area contributed by atoms with Crippen LogP contribution in [-0.4, -0.2) is 42.0 Å². The first-order valence-electron chi connectivity index (χ1n) is 11.1. The van der Waals surface area contributed by atoms with Gasteiger partial charge in [-0.15, -0.1) is 0 Å². The maximum absolute atomic E-state index is 12.8. The first-order valence-corrected chi connectivity index (χ1v) is 11.1. The molecule has 0 radical (unpaired) electrons. The quantitative estimate of drug-likeness (QED) is 0.661. The van der Waals surface area contributed by atoms with E-state index in [1.807, 2.05) is 18.2 Å². The molecule has 2 N–H and O–H groups in total. The lowest BCUT2D eigenvalue weighted by Crippen LogP contribution is -2.56. The number of nitrogens with zero attached hydrogens (tertiary/aromatic N) is 1. The fraction of sp³-hybridized carbons (Fsp3) is 0.440. The highest BCUT2D eigenvalue weighted by Gasteiger charge is 2.51. The Bertz CT molecular complexity index is 847. The molecule has 2 fully saturated rings. The molecule has 3 amide bonds. The Morgan fingerprint density at radius 3 is 2.03 bits per heavy atom. The summed E-state index contributed by atoms with van der Waals surface area (Å²) in [5.41, 5.74) is 1.81. The van der Waals surface area contributed by atoms with Gasteiger partial charge >= 0.3 is 6.03 Å². The molecule has 0 saturated carbocycles. The van der Waals surface area contributed by atoms with Crippen LogP contribution < -0.4 is 10.6 Å². The number of aryl methyl sites for hydroxylation is 2. The van der Waals surface area contributed by atoms with Crippen LogP contribution in [0.1, 0.15) is 36.8 Å². The molecule has 158 valence electrons. The molecular weight excluding hydrogens is 374 g/mol. The molecule has 2 aromatic carbocycles. The second kappa shape index (κ2) is 9.43. The second-order valence-corrected chi connectivity index (χ2v) is 8.57. The van der Waals surface area contributed by atoms with E-state index in [0.29, 0.717) is 6.42 Å². The molecule has 2 aliphatic heterocycles. The molecule has 2 saturated heterocycles. The van der Waals surface area contributed by atoms with Crippen LogP contribution in [0.3, 0.4) is 0 Å². The van der Waals surface area contributed by atoms with Crippen molar-refractivity contribution in [3.05, 3.63) is 71.8 Å². The van der Waals surface area contributed by atoms with Crippen molar-refractivity contribution < 1.29 is 9.59 Å². The molecular formula is C25H31N3O2. The molecule has 0 aliphatic carbocycles. The van der Waals surface area contributed by atoms with Crippen LogP contribution in [-0.2, 0) is 17.6 Å². The van der Waals surface area contributed by atoms with Crippen molar-refractivity contribution in [2.45, 2.75) is 44.1 Å². The van der Waals surface area contributed by atoms with Gasteiger partial charge in [-0.1, -0.05) is 60.7 Å². The number of likely N-dealkylation sites (tertiary alicyclic amines) is 1. The third kappa shape index (κ3) is 4.73.